The molecule has 90 valence electrons. The number of rotatable bonds is 2. The number of H-pyrrole nitrogens is 1. The Morgan fingerprint density at radius 2 is 2.47 bits per heavy atom. The van der Waals surface area contributed by atoms with Crippen molar-refractivity contribution in [2.24, 2.45) is 0 Å². The SMILES string of the molecule is C#C[C@@]1(CO)CC[C@H](n2ccc(=O)[nH]c2=O)O1. The number of hydrogen-bond acceptors (Lipinski definition) is 4. The van der Waals surface area contributed by atoms with E-state index in [1.165, 1.54) is 16.8 Å². The molecule has 0 aliphatic carbocycles. The lowest BCUT2D eigenvalue weighted by molar-refractivity contribution is -0.0649. The van der Waals surface area contributed by atoms with Gasteiger partial charge in [0.05, 0.1) is 6.61 Å². The highest BCUT2D eigenvalue weighted by Crippen LogP contribution is 2.34. The average molecular weight is 236 g/mol. The smallest absolute Gasteiger partial charge is 0.330 e. The van der Waals surface area contributed by atoms with Gasteiger partial charge in [0.1, 0.15) is 6.23 Å². The van der Waals surface area contributed by atoms with E-state index in [0.29, 0.717) is 12.8 Å². The molecule has 6 heteroatoms. The van der Waals surface area contributed by atoms with Crippen molar-refractivity contribution in [3.63, 3.8) is 0 Å². The summed E-state index contributed by atoms with van der Waals surface area (Å²) in [5.41, 5.74) is -2.04. The molecular formula is C11H12N2O4. The molecule has 17 heavy (non-hydrogen) atoms. The summed E-state index contributed by atoms with van der Waals surface area (Å²) in [6, 6.07) is 1.24. The van der Waals surface area contributed by atoms with Crippen LogP contribution >= 0.6 is 0 Å². The zero-order chi connectivity index (χ0) is 12.5. The third-order valence-corrected chi connectivity index (χ3v) is 2.84. The number of aromatic amines is 1. The van der Waals surface area contributed by atoms with E-state index in [9.17, 15) is 14.7 Å². The molecule has 1 aromatic heterocycles. The Kier molecular flexibility index (Phi) is 2.88. The molecule has 0 unspecified atom stereocenters. The highest BCUT2D eigenvalue weighted by atomic mass is 16.5. The lowest BCUT2D eigenvalue weighted by Crippen LogP contribution is -2.35. The largest absolute Gasteiger partial charge is 0.392 e. The van der Waals surface area contributed by atoms with Crippen LogP contribution in [-0.2, 0) is 4.74 Å². The minimum absolute atomic E-state index is 0.294. The molecule has 6 nitrogen and oxygen atoms in total. The lowest BCUT2D eigenvalue weighted by atomic mass is 10.0. The van der Waals surface area contributed by atoms with E-state index in [0.717, 1.165) is 0 Å². The van der Waals surface area contributed by atoms with Crippen LogP contribution in [0.2, 0.25) is 0 Å². The van der Waals surface area contributed by atoms with Gasteiger partial charge in [0.2, 0.25) is 0 Å². The van der Waals surface area contributed by atoms with Gasteiger partial charge in [-0.3, -0.25) is 14.3 Å². The minimum Gasteiger partial charge on any atom is -0.392 e. The summed E-state index contributed by atoms with van der Waals surface area (Å²) in [7, 11) is 0. The van der Waals surface area contributed by atoms with Gasteiger partial charge in [-0.25, -0.2) is 4.79 Å². The molecule has 0 amide bonds. The van der Waals surface area contributed by atoms with E-state index < -0.39 is 23.1 Å². The molecule has 2 heterocycles. The number of terminal acetylenes is 1. The van der Waals surface area contributed by atoms with Crippen LogP contribution in [0.3, 0.4) is 0 Å². The van der Waals surface area contributed by atoms with Crippen molar-refractivity contribution in [2.45, 2.75) is 24.7 Å². The number of aromatic nitrogens is 2. The topological polar surface area (TPSA) is 84.3 Å². The molecule has 0 aromatic carbocycles. The fourth-order valence-electron chi connectivity index (χ4n) is 1.85. The normalized spacial score (nSPS) is 27.9. The van der Waals surface area contributed by atoms with Gasteiger partial charge in [-0.1, -0.05) is 5.92 Å². The van der Waals surface area contributed by atoms with Crippen LogP contribution < -0.4 is 11.2 Å². The maximum atomic E-state index is 11.5. The highest BCUT2D eigenvalue weighted by molar-refractivity contribution is 5.11. The van der Waals surface area contributed by atoms with Gasteiger partial charge in [-0.15, -0.1) is 6.42 Å². The molecule has 1 aromatic rings. The number of nitrogens with one attached hydrogen (secondary N) is 1. The number of nitrogens with zero attached hydrogens (tertiary/aromatic N) is 1. The predicted octanol–water partition coefficient (Wildman–Crippen LogP) is -0.790. The Morgan fingerprint density at radius 3 is 3.00 bits per heavy atom. The summed E-state index contributed by atoms with van der Waals surface area (Å²) in [5, 5.41) is 9.18. The molecular weight excluding hydrogens is 224 g/mol. The van der Waals surface area contributed by atoms with Crippen LogP contribution in [0, 0.1) is 12.3 Å². The Labute approximate surface area is 96.9 Å². The first-order valence-electron chi connectivity index (χ1n) is 5.18. The third-order valence-electron chi connectivity index (χ3n) is 2.84. The number of aliphatic hydroxyl groups is 1. The van der Waals surface area contributed by atoms with Gasteiger partial charge in [0.15, 0.2) is 5.60 Å². The second-order valence-corrected chi connectivity index (χ2v) is 3.93. The second-order valence-electron chi connectivity index (χ2n) is 3.93. The van der Waals surface area contributed by atoms with Crippen LogP contribution in [0.5, 0.6) is 0 Å². The molecule has 0 bridgehead atoms. The van der Waals surface area contributed by atoms with Crippen molar-refractivity contribution in [1.82, 2.24) is 9.55 Å². The molecule has 1 saturated heterocycles. The third kappa shape index (κ3) is 2.02. The molecule has 1 fully saturated rings. The standard InChI is InChI=1S/C11H12N2O4/c1-2-11(7-14)5-3-9(17-11)13-6-4-8(15)12-10(13)16/h1,4,6,9,14H,3,5,7H2,(H,12,15,16)/t9-,11+/m1/s1. The van der Waals surface area contributed by atoms with E-state index in [4.69, 9.17) is 11.2 Å². The van der Waals surface area contributed by atoms with Crippen LogP contribution in [0.1, 0.15) is 19.1 Å². The summed E-state index contributed by atoms with van der Waals surface area (Å²) in [4.78, 5) is 24.6. The molecule has 0 radical (unpaired) electrons. The van der Waals surface area contributed by atoms with Crippen LogP contribution in [0.15, 0.2) is 21.9 Å². The minimum atomic E-state index is -1.03. The Balaban J connectivity index is 2.30. The first kappa shape index (κ1) is 11.6. The molecule has 1 aliphatic heterocycles. The molecule has 0 saturated carbocycles. The first-order chi connectivity index (χ1) is 8.10. The fourth-order valence-corrected chi connectivity index (χ4v) is 1.85. The Hall–Kier alpha value is -1.84. The first-order valence-corrected chi connectivity index (χ1v) is 5.18. The Bertz CT molecular complexity index is 568. The fraction of sp³-hybridized carbons (Fsp3) is 0.455. The summed E-state index contributed by atoms with van der Waals surface area (Å²) in [6.45, 7) is -0.294. The zero-order valence-electron chi connectivity index (χ0n) is 9.05. The number of aliphatic hydroxyl groups excluding tert-OH is 1. The van der Waals surface area contributed by atoms with Gasteiger partial charge < -0.3 is 9.84 Å². The highest BCUT2D eigenvalue weighted by Gasteiger charge is 2.39. The molecule has 2 N–H and O–H groups in total. The van der Waals surface area contributed by atoms with Gasteiger partial charge in [0.25, 0.3) is 5.56 Å². The van der Waals surface area contributed by atoms with Gasteiger partial charge in [-0.05, 0) is 12.8 Å². The van der Waals surface area contributed by atoms with Crippen molar-refractivity contribution in [2.75, 3.05) is 6.61 Å². The van der Waals surface area contributed by atoms with Crippen molar-refractivity contribution in [1.29, 1.82) is 0 Å². The van der Waals surface area contributed by atoms with Gasteiger partial charge in [-0.2, -0.15) is 0 Å². The summed E-state index contributed by atoms with van der Waals surface area (Å²) >= 11 is 0. The van der Waals surface area contributed by atoms with Crippen molar-refractivity contribution in [3.05, 3.63) is 33.1 Å². The van der Waals surface area contributed by atoms with Gasteiger partial charge in [0, 0.05) is 12.3 Å². The Morgan fingerprint density at radius 1 is 1.71 bits per heavy atom. The lowest BCUT2D eigenvalue weighted by Gasteiger charge is -2.21. The van der Waals surface area contributed by atoms with Crippen LogP contribution in [0.4, 0.5) is 0 Å². The van der Waals surface area contributed by atoms with E-state index in [-0.39, 0.29) is 6.61 Å². The maximum Gasteiger partial charge on any atom is 0.330 e. The van der Waals surface area contributed by atoms with Crippen LogP contribution in [0.25, 0.3) is 0 Å². The maximum absolute atomic E-state index is 11.5. The van der Waals surface area contributed by atoms with Crippen LogP contribution in [-0.4, -0.2) is 26.9 Å². The van der Waals surface area contributed by atoms with Gasteiger partial charge >= 0.3 is 5.69 Å². The van der Waals surface area contributed by atoms with Crippen molar-refractivity contribution in [3.8, 4) is 12.3 Å². The predicted molar refractivity (Wildman–Crippen MR) is 59.3 cm³/mol. The second kappa shape index (κ2) is 4.20. The van der Waals surface area contributed by atoms with E-state index in [1.54, 1.807) is 0 Å². The summed E-state index contributed by atoms with van der Waals surface area (Å²) < 4.78 is 6.77. The molecule has 2 rings (SSSR count). The van der Waals surface area contributed by atoms with E-state index in [1.807, 2.05) is 0 Å². The summed E-state index contributed by atoms with van der Waals surface area (Å²) in [6.07, 6.45) is 7.08. The van der Waals surface area contributed by atoms with E-state index in [2.05, 4.69) is 10.9 Å². The zero-order valence-corrected chi connectivity index (χ0v) is 9.05. The number of hydrogen-bond donors (Lipinski definition) is 2. The summed E-state index contributed by atoms with van der Waals surface area (Å²) in [5.74, 6) is 2.40. The molecule has 1 aliphatic rings. The van der Waals surface area contributed by atoms with E-state index >= 15 is 0 Å². The molecule has 0 spiro atoms. The monoisotopic (exact) mass is 236 g/mol. The average Bonchev–Trinajstić information content (AvgIpc) is 2.74. The molecule has 2 atom stereocenters. The van der Waals surface area contributed by atoms with Crippen molar-refractivity contribution < 1.29 is 9.84 Å². The quantitative estimate of drug-likeness (QED) is 0.659. The number of ether oxygens (including phenoxy) is 1. The van der Waals surface area contributed by atoms with Crippen molar-refractivity contribution >= 4 is 0 Å².